The van der Waals surface area contributed by atoms with Gasteiger partial charge in [0.25, 0.3) is 0 Å². The van der Waals surface area contributed by atoms with Crippen LogP contribution >= 0.6 is 0 Å². The van der Waals surface area contributed by atoms with Gasteiger partial charge in [-0.3, -0.25) is 13.9 Å². The average molecular weight is 393 g/mol. The molecule has 0 unspecified atom stereocenters. The maximum absolute atomic E-state index is 12.9. The number of aryl methyl sites for hydroxylation is 2. The SMILES string of the molecule is O=C(CCc1cc2n(n1)CCCNC2)N1CCC[C@@H](c2nnc3ccccn23)C1. The number of amides is 1. The third-order valence-electron chi connectivity index (χ3n) is 6.02. The highest BCUT2D eigenvalue weighted by atomic mass is 16.2. The Hall–Kier alpha value is -2.74. The first-order chi connectivity index (χ1) is 14.3. The zero-order valence-electron chi connectivity index (χ0n) is 16.6. The molecule has 8 heteroatoms. The van der Waals surface area contributed by atoms with Gasteiger partial charge in [-0.2, -0.15) is 5.10 Å². The predicted molar refractivity (Wildman–Crippen MR) is 108 cm³/mol. The topological polar surface area (TPSA) is 80.3 Å². The van der Waals surface area contributed by atoms with Gasteiger partial charge in [0.15, 0.2) is 5.65 Å². The van der Waals surface area contributed by atoms with E-state index in [0.29, 0.717) is 12.8 Å². The first-order valence-corrected chi connectivity index (χ1v) is 10.6. The fourth-order valence-electron chi connectivity index (χ4n) is 4.49. The summed E-state index contributed by atoms with van der Waals surface area (Å²) in [6.07, 6.45) is 6.36. The summed E-state index contributed by atoms with van der Waals surface area (Å²) in [5.74, 6) is 1.41. The predicted octanol–water partition coefficient (Wildman–Crippen LogP) is 1.76. The van der Waals surface area contributed by atoms with Crippen molar-refractivity contribution < 1.29 is 4.79 Å². The molecule has 0 bridgehead atoms. The van der Waals surface area contributed by atoms with Gasteiger partial charge in [0, 0.05) is 51.1 Å². The number of nitrogens with zero attached hydrogens (tertiary/aromatic N) is 6. The summed E-state index contributed by atoms with van der Waals surface area (Å²) in [5.41, 5.74) is 3.11. The molecule has 8 nitrogen and oxygen atoms in total. The molecule has 0 saturated carbocycles. The van der Waals surface area contributed by atoms with Crippen molar-refractivity contribution in [2.45, 2.75) is 51.1 Å². The minimum absolute atomic E-state index is 0.213. The van der Waals surface area contributed by atoms with E-state index < -0.39 is 0 Å². The number of hydrogen-bond acceptors (Lipinski definition) is 5. The first kappa shape index (κ1) is 18.3. The number of pyridine rings is 1. The molecular formula is C21H27N7O. The lowest BCUT2D eigenvalue weighted by molar-refractivity contribution is -0.132. The zero-order chi connectivity index (χ0) is 19.6. The standard InChI is InChI=1S/C21H27N7O/c29-20(8-7-17-13-18-14-22-9-4-12-28(18)25-17)26-10-3-5-16(15-26)21-24-23-19-6-1-2-11-27(19)21/h1-2,6,11,13,16,22H,3-5,7-10,12,14-15H2/t16-/m1/s1. The smallest absolute Gasteiger partial charge is 0.222 e. The number of aromatic nitrogens is 5. The normalized spacial score (nSPS) is 19.9. The van der Waals surface area contributed by atoms with Gasteiger partial charge in [0.05, 0.1) is 11.4 Å². The van der Waals surface area contributed by atoms with Crippen molar-refractivity contribution in [2.75, 3.05) is 19.6 Å². The molecule has 1 N–H and O–H groups in total. The fourth-order valence-corrected chi connectivity index (χ4v) is 4.49. The molecule has 1 fully saturated rings. The lowest BCUT2D eigenvalue weighted by Gasteiger charge is -2.32. The summed E-state index contributed by atoms with van der Waals surface area (Å²) in [6.45, 7) is 4.40. The Morgan fingerprint density at radius 2 is 2.17 bits per heavy atom. The molecule has 29 heavy (non-hydrogen) atoms. The Labute approximate surface area is 169 Å². The van der Waals surface area contributed by atoms with Crippen molar-refractivity contribution in [3.05, 3.63) is 47.7 Å². The van der Waals surface area contributed by atoms with Crippen molar-refractivity contribution >= 4 is 11.6 Å². The second kappa shape index (κ2) is 7.94. The van der Waals surface area contributed by atoms with Gasteiger partial charge in [0.2, 0.25) is 5.91 Å². The first-order valence-electron chi connectivity index (χ1n) is 10.6. The Kier molecular flexibility index (Phi) is 5.01. The molecule has 3 aromatic heterocycles. The molecule has 1 atom stereocenters. The summed E-state index contributed by atoms with van der Waals surface area (Å²) < 4.78 is 4.14. The maximum Gasteiger partial charge on any atom is 0.222 e. The van der Waals surface area contributed by atoms with E-state index in [4.69, 9.17) is 5.10 Å². The summed E-state index contributed by atoms with van der Waals surface area (Å²) in [7, 11) is 0. The van der Waals surface area contributed by atoms with Crippen LogP contribution < -0.4 is 5.32 Å². The summed E-state index contributed by atoms with van der Waals surface area (Å²) in [4.78, 5) is 14.9. The van der Waals surface area contributed by atoms with E-state index in [9.17, 15) is 4.79 Å². The monoisotopic (exact) mass is 393 g/mol. The number of rotatable bonds is 4. The van der Waals surface area contributed by atoms with Gasteiger partial charge < -0.3 is 10.2 Å². The van der Waals surface area contributed by atoms with Crippen LogP contribution in [0.2, 0.25) is 0 Å². The molecule has 5 rings (SSSR count). The van der Waals surface area contributed by atoms with Crippen molar-refractivity contribution in [1.82, 2.24) is 34.6 Å². The molecule has 3 aromatic rings. The van der Waals surface area contributed by atoms with E-state index in [1.807, 2.05) is 33.7 Å². The molecule has 0 aromatic carbocycles. The van der Waals surface area contributed by atoms with Crippen molar-refractivity contribution in [3.8, 4) is 0 Å². The molecule has 0 spiro atoms. The van der Waals surface area contributed by atoms with Crippen LogP contribution in [0.15, 0.2) is 30.5 Å². The number of piperidine rings is 1. The van der Waals surface area contributed by atoms with Crippen LogP contribution in [0.5, 0.6) is 0 Å². The van der Waals surface area contributed by atoms with Crippen molar-refractivity contribution in [3.63, 3.8) is 0 Å². The quantitative estimate of drug-likeness (QED) is 0.731. The lowest BCUT2D eigenvalue weighted by Crippen LogP contribution is -2.39. The minimum Gasteiger partial charge on any atom is -0.342 e. The molecule has 0 radical (unpaired) electrons. The second-order valence-corrected chi connectivity index (χ2v) is 8.05. The van der Waals surface area contributed by atoms with Gasteiger partial charge in [-0.25, -0.2) is 0 Å². The Morgan fingerprint density at radius 3 is 3.14 bits per heavy atom. The van der Waals surface area contributed by atoms with E-state index in [2.05, 4.69) is 26.3 Å². The van der Waals surface area contributed by atoms with E-state index in [1.54, 1.807) is 0 Å². The number of likely N-dealkylation sites (tertiary alicyclic amines) is 1. The van der Waals surface area contributed by atoms with Gasteiger partial charge in [-0.1, -0.05) is 6.07 Å². The Morgan fingerprint density at radius 1 is 1.21 bits per heavy atom. The third kappa shape index (κ3) is 3.76. The molecule has 0 aliphatic carbocycles. The molecule has 2 aliphatic heterocycles. The van der Waals surface area contributed by atoms with Crippen LogP contribution in [0.4, 0.5) is 0 Å². The molecule has 1 saturated heterocycles. The Bertz CT molecular complexity index is 984. The zero-order valence-corrected chi connectivity index (χ0v) is 16.6. The van der Waals surface area contributed by atoms with Crippen LogP contribution in [0, 0.1) is 0 Å². The van der Waals surface area contributed by atoms with E-state index in [0.717, 1.165) is 69.2 Å². The largest absolute Gasteiger partial charge is 0.342 e. The van der Waals surface area contributed by atoms with Gasteiger partial charge in [-0.15, -0.1) is 10.2 Å². The number of hydrogen-bond donors (Lipinski definition) is 1. The van der Waals surface area contributed by atoms with Gasteiger partial charge in [-0.05, 0) is 44.0 Å². The van der Waals surface area contributed by atoms with E-state index in [-0.39, 0.29) is 11.8 Å². The van der Waals surface area contributed by atoms with Crippen LogP contribution in [0.3, 0.4) is 0 Å². The summed E-state index contributed by atoms with van der Waals surface area (Å²) >= 11 is 0. The molecule has 152 valence electrons. The van der Waals surface area contributed by atoms with E-state index >= 15 is 0 Å². The number of carbonyl (C=O) groups excluding carboxylic acids is 1. The van der Waals surface area contributed by atoms with E-state index in [1.165, 1.54) is 5.69 Å². The molecule has 1 amide bonds. The maximum atomic E-state index is 12.9. The van der Waals surface area contributed by atoms with Crippen LogP contribution in [-0.2, 0) is 24.3 Å². The van der Waals surface area contributed by atoms with Crippen LogP contribution in [-0.4, -0.2) is 54.8 Å². The van der Waals surface area contributed by atoms with Crippen molar-refractivity contribution in [2.24, 2.45) is 0 Å². The van der Waals surface area contributed by atoms with Crippen molar-refractivity contribution in [1.29, 1.82) is 0 Å². The van der Waals surface area contributed by atoms with Gasteiger partial charge >= 0.3 is 0 Å². The average Bonchev–Trinajstić information content (AvgIpc) is 3.30. The van der Waals surface area contributed by atoms with Gasteiger partial charge in [0.1, 0.15) is 5.82 Å². The number of carbonyl (C=O) groups is 1. The lowest BCUT2D eigenvalue weighted by atomic mass is 9.96. The Balaban J connectivity index is 1.22. The second-order valence-electron chi connectivity index (χ2n) is 8.05. The number of fused-ring (bicyclic) bond motifs is 2. The molecular weight excluding hydrogens is 366 g/mol. The third-order valence-corrected chi connectivity index (χ3v) is 6.02. The summed E-state index contributed by atoms with van der Waals surface area (Å²) in [6, 6.07) is 8.07. The van der Waals surface area contributed by atoms with Crippen LogP contribution in [0.25, 0.3) is 5.65 Å². The minimum atomic E-state index is 0.213. The fraction of sp³-hybridized carbons (Fsp3) is 0.524. The molecule has 2 aliphatic rings. The highest BCUT2D eigenvalue weighted by molar-refractivity contribution is 5.76. The highest BCUT2D eigenvalue weighted by Crippen LogP contribution is 2.26. The van der Waals surface area contributed by atoms with Crippen LogP contribution in [0.1, 0.15) is 48.8 Å². The number of nitrogens with one attached hydrogen (secondary N) is 1. The summed E-state index contributed by atoms with van der Waals surface area (Å²) in [5, 5.41) is 16.8. The molecule has 5 heterocycles. The highest BCUT2D eigenvalue weighted by Gasteiger charge is 2.27.